The zero-order chi connectivity index (χ0) is 24.6. The second kappa shape index (κ2) is 11.1. The summed E-state index contributed by atoms with van der Waals surface area (Å²) in [5.41, 5.74) is 1.35. The van der Waals surface area contributed by atoms with E-state index in [0.717, 1.165) is 31.9 Å². The molecule has 3 fully saturated rings. The first-order valence-corrected chi connectivity index (χ1v) is 17.4. The van der Waals surface area contributed by atoms with Gasteiger partial charge in [-0.15, -0.1) is 0 Å². The average Bonchev–Trinajstić information content (AvgIpc) is 3.48. The van der Waals surface area contributed by atoms with Gasteiger partial charge in [-0.3, -0.25) is 4.57 Å². The van der Waals surface area contributed by atoms with E-state index in [1.54, 1.807) is 0 Å². The van der Waals surface area contributed by atoms with Crippen LogP contribution in [-0.4, -0.2) is 79.7 Å². The van der Waals surface area contributed by atoms with E-state index in [-0.39, 0.29) is 30.7 Å². The summed E-state index contributed by atoms with van der Waals surface area (Å²) >= 11 is 8.44. The molecular formula is C23H33ClIN3O6Si. The van der Waals surface area contributed by atoms with Crippen LogP contribution in [0, 0.1) is 3.70 Å². The SMILES string of the molecule is C[Si](C)(C)CCOCn1c(O[C@@H]2CO[C@H]3[C@@H]2OC[C@H]3OC2CCCCO2)nc2cc(Cl)c(I)nc21. The Kier molecular flexibility index (Phi) is 8.24. The van der Waals surface area contributed by atoms with Gasteiger partial charge in [-0.1, -0.05) is 31.2 Å². The van der Waals surface area contributed by atoms with Gasteiger partial charge in [0, 0.05) is 21.3 Å². The zero-order valence-corrected chi connectivity index (χ0v) is 24.3. The Morgan fingerprint density at radius 3 is 2.63 bits per heavy atom. The summed E-state index contributed by atoms with van der Waals surface area (Å²) in [5.74, 6) is 0. The van der Waals surface area contributed by atoms with Crippen molar-refractivity contribution in [1.29, 1.82) is 0 Å². The van der Waals surface area contributed by atoms with Crippen LogP contribution in [0.25, 0.3) is 11.2 Å². The highest BCUT2D eigenvalue weighted by Crippen LogP contribution is 2.34. The third-order valence-electron chi connectivity index (χ3n) is 6.50. The number of ether oxygens (including phenoxy) is 6. The maximum Gasteiger partial charge on any atom is 0.301 e. The quantitative estimate of drug-likeness (QED) is 0.173. The number of pyridine rings is 1. The van der Waals surface area contributed by atoms with Crippen molar-refractivity contribution in [3.8, 4) is 6.01 Å². The molecule has 12 heteroatoms. The monoisotopic (exact) mass is 637 g/mol. The van der Waals surface area contributed by atoms with Gasteiger partial charge in [-0.05, 0) is 54.0 Å². The minimum Gasteiger partial charge on any atom is -0.456 e. The molecule has 0 spiro atoms. The van der Waals surface area contributed by atoms with Gasteiger partial charge >= 0.3 is 6.01 Å². The molecule has 0 aromatic carbocycles. The van der Waals surface area contributed by atoms with Crippen molar-refractivity contribution in [2.75, 3.05) is 26.4 Å². The third-order valence-corrected chi connectivity index (χ3v) is 9.63. The summed E-state index contributed by atoms with van der Waals surface area (Å²) in [6.45, 7) is 9.58. The van der Waals surface area contributed by atoms with Crippen molar-refractivity contribution in [2.24, 2.45) is 0 Å². The van der Waals surface area contributed by atoms with Crippen molar-refractivity contribution in [3.05, 3.63) is 14.8 Å². The molecule has 0 amide bonds. The van der Waals surface area contributed by atoms with Crippen LogP contribution < -0.4 is 4.74 Å². The van der Waals surface area contributed by atoms with Gasteiger partial charge in [0.15, 0.2) is 18.0 Å². The van der Waals surface area contributed by atoms with E-state index in [4.69, 9.17) is 40.0 Å². The molecule has 0 bridgehead atoms. The predicted molar refractivity (Wildman–Crippen MR) is 142 cm³/mol. The van der Waals surface area contributed by atoms with Gasteiger partial charge in [0.1, 0.15) is 34.3 Å². The van der Waals surface area contributed by atoms with Crippen molar-refractivity contribution in [1.82, 2.24) is 14.5 Å². The van der Waals surface area contributed by atoms with Crippen LogP contribution >= 0.6 is 34.2 Å². The van der Waals surface area contributed by atoms with E-state index in [0.29, 0.717) is 52.4 Å². The van der Waals surface area contributed by atoms with E-state index >= 15 is 0 Å². The van der Waals surface area contributed by atoms with Crippen LogP contribution in [0.5, 0.6) is 6.01 Å². The lowest BCUT2D eigenvalue weighted by atomic mass is 10.1. The number of hydrogen-bond acceptors (Lipinski definition) is 8. The Balaban J connectivity index is 1.29. The third kappa shape index (κ3) is 6.14. The molecule has 9 nitrogen and oxygen atoms in total. The molecule has 2 aromatic rings. The Bertz CT molecular complexity index is 1030. The maximum atomic E-state index is 6.38. The average molecular weight is 638 g/mol. The molecule has 0 aliphatic carbocycles. The first-order valence-electron chi connectivity index (χ1n) is 12.3. The Morgan fingerprint density at radius 2 is 1.89 bits per heavy atom. The summed E-state index contributed by atoms with van der Waals surface area (Å²) in [6, 6.07) is 3.31. The van der Waals surface area contributed by atoms with Crippen LogP contribution in [-0.2, 0) is 30.4 Å². The van der Waals surface area contributed by atoms with Crippen LogP contribution in [0.1, 0.15) is 19.3 Å². The van der Waals surface area contributed by atoms with Gasteiger partial charge in [-0.2, -0.15) is 4.98 Å². The van der Waals surface area contributed by atoms with Gasteiger partial charge in [0.2, 0.25) is 0 Å². The van der Waals surface area contributed by atoms with E-state index < -0.39 is 8.07 Å². The number of imidazole rings is 1. The number of hydrogen-bond donors (Lipinski definition) is 0. The smallest absolute Gasteiger partial charge is 0.301 e. The lowest BCUT2D eigenvalue weighted by Gasteiger charge is -2.27. The standard InChI is InChI=1S/C23H33ClIN3O6Si/c1-35(2,3)9-8-29-13-28-22-15(10-14(24)21(25)27-22)26-23(28)34-17-12-32-19-16(11-31-20(17)19)33-18-6-4-5-7-30-18/h10,16-20H,4-9,11-13H2,1-3H3/t16-,17-,18?,19-,20-/m1/s1. The number of fused-ring (bicyclic) bond motifs is 2. The number of aromatic nitrogens is 3. The minimum atomic E-state index is -1.20. The van der Waals surface area contributed by atoms with E-state index in [1.165, 1.54) is 0 Å². The normalized spacial score (nSPS) is 29.1. The second-order valence-electron chi connectivity index (χ2n) is 10.5. The fourth-order valence-corrected chi connectivity index (χ4v) is 5.81. The van der Waals surface area contributed by atoms with Gasteiger partial charge in [-0.25, -0.2) is 4.98 Å². The van der Waals surface area contributed by atoms with Crippen LogP contribution in [0.3, 0.4) is 0 Å². The highest BCUT2D eigenvalue weighted by Gasteiger charge is 2.50. The van der Waals surface area contributed by atoms with Gasteiger partial charge < -0.3 is 28.4 Å². The first kappa shape index (κ1) is 26.1. The fraction of sp³-hybridized carbons (Fsp3) is 0.739. The molecule has 3 saturated heterocycles. The van der Waals surface area contributed by atoms with Gasteiger partial charge in [0.25, 0.3) is 0 Å². The largest absolute Gasteiger partial charge is 0.456 e. The molecule has 3 aliphatic heterocycles. The number of halogens is 2. The van der Waals surface area contributed by atoms with Crippen molar-refractivity contribution in [2.45, 2.75) is 82.4 Å². The molecule has 0 N–H and O–H groups in total. The van der Waals surface area contributed by atoms with Crippen LogP contribution in [0.4, 0.5) is 0 Å². The first-order chi connectivity index (χ1) is 16.8. The molecule has 0 radical (unpaired) electrons. The maximum absolute atomic E-state index is 6.38. The molecule has 5 heterocycles. The molecular weight excluding hydrogens is 605 g/mol. The molecule has 2 aromatic heterocycles. The Labute approximate surface area is 225 Å². The zero-order valence-electron chi connectivity index (χ0n) is 20.4. The molecule has 35 heavy (non-hydrogen) atoms. The summed E-state index contributed by atoms with van der Waals surface area (Å²) in [7, 11) is -1.20. The van der Waals surface area contributed by atoms with E-state index in [9.17, 15) is 0 Å². The Morgan fingerprint density at radius 1 is 1.11 bits per heavy atom. The van der Waals surface area contributed by atoms with E-state index in [2.05, 4.69) is 52.2 Å². The molecule has 1 unspecified atom stereocenters. The summed E-state index contributed by atoms with van der Waals surface area (Å²) in [6.07, 6.45) is 2.02. The number of nitrogens with zero attached hydrogens (tertiary/aromatic N) is 3. The van der Waals surface area contributed by atoms with E-state index in [1.807, 2.05) is 10.6 Å². The van der Waals surface area contributed by atoms with Crippen LogP contribution in [0.2, 0.25) is 30.7 Å². The molecule has 5 rings (SSSR count). The minimum absolute atomic E-state index is 0.164. The van der Waals surface area contributed by atoms with Crippen molar-refractivity contribution in [3.63, 3.8) is 0 Å². The Hall–Kier alpha value is -0.543. The lowest BCUT2D eigenvalue weighted by Crippen LogP contribution is -2.38. The number of rotatable bonds is 9. The molecule has 5 atom stereocenters. The molecule has 0 saturated carbocycles. The summed E-state index contributed by atoms with van der Waals surface area (Å²) in [5, 5.41) is 0.558. The fourth-order valence-electron chi connectivity index (χ4n) is 4.52. The van der Waals surface area contributed by atoms with Crippen LogP contribution in [0.15, 0.2) is 6.07 Å². The lowest BCUT2D eigenvalue weighted by molar-refractivity contribution is -0.202. The summed E-state index contributed by atoms with van der Waals surface area (Å²) in [4.78, 5) is 9.34. The highest BCUT2D eigenvalue weighted by atomic mass is 127. The summed E-state index contributed by atoms with van der Waals surface area (Å²) < 4.78 is 39.0. The van der Waals surface area contributed by atoms with Gasteiger partial charge in [0.05, 0.1) is 18.2 Å². The van der Waals surface area contributed by atoms with Crippen molar-refractivity contribution >= 4 is 53.4 Å². The highest BCUT2D eigenvalue weighted by molar-refractivity contribution is 14.1. The second-order valence-corrected chi connectivity index (χ2v) is 17.5. The molecule has 194 valence electrons. The predicted octanol–water partition coefficient (Wildman–Crippen LogP) is 4.46. The molecule has 3 aliphatic rings. The van der Waals surface area contributed by atoms with Crippen molar-refractivity contribution < 1.29 is 28.4 Å². The topological polar surface area (TPSA) is 86.1 Å².